The molecule has 1 amide bonds. The van der Waals surface area contributed by atoms with Gasteiger partial charge in [-0.15, -0.1) is 6.58 Å². The first-order valence-electron chi connectivity index (χ1n) is 10.0. The van der Waals surface area contributed by atoms with Crippen molar-refractivity contribution in [2.45, 2.75) is 24.9 Å². The van der Waals surface area contributed by atoms with Crippen LogP contribution in [-0.4, -0.2) is 42.8 Å². The van der Waals surface area contributed by atoms with Crippen LogP contribution in [0.4, 0.5) is 0 Å². The summed E-state index contributed by atoms with van der Waals surface area (Å²) in [5.41, 5.74) is 3.03. The molecule has 4 rings (SSSR count). The number of hydrogen-bond acceptors (Lipinski definition) is 4. The van der Waals surface area contributed by atoms with Crippen molar-refractivity contribution in [3.05, 3.63) is 78.4 Å². The fraction of sp³-hybridized carbons (Fsp3) is 0.333. The molecule has 3 atom stereocenters. The Kier molecular flexibility index (Phi) is 5.65. The molecule has 0 aromatic heterocycles. The van der Waals surface area contributed by atoms with Crippen LogP contribution in [0.3, 0.4) is 0 Å². The fourth-order valence-corrected chi connectivity index (χ4v) is 4.00. The Morgan fingerprint density at radius 3 is 2.76 bits per heavy atom. The molecule has 29 heavy (non-hydrogen) atoms. The second-order valence-electron chi connectivity index (χ2n) is 7.56. The zero-order valence-corrected chi connectivity index (χ0v) is 16.7. The maximum Gasteiger partial charge on any atom is 0.226 e. The number of amides is 1. The number of rotatable bonds is 8. The van der Waals surface area contributed by atoms with Gasteiger partial charge in [0.15, 0.2) is 6.10 Å². The largest absolute Gasteiger partial charge is 0.496 e. The Labute approximate surface area is 171 Å². The summed E-state index contributed by atoms with van der Waals surface area (Å²) in [4.78, 5) is 20.6. The number of nitrogens with zero attached hydrogens (tertiary/aromatic N) is 2. The van der Waals surface area contributed by atoms with Gasteiger partial charge in [0, 0.05) is 24.4 Å². The lowest BCUT2D eigenvalue weighted by molar-refractivity contribution is -0.133. The summed E-state index contributed by atoms with van der Waals surface area (Å²) in [6.45, 7) is 4.84. The Morgan fingerprint density at radius 1 is 1.24 bits per heavy atom. The molecule has 0 unspecified atom stereocenters. The van der Waals surface area contributed by atoms with E-state index in [0.29, 0.717) is 25.4 Å². The molecule has 0 bridgehead atoms. The van der Waals surface area contributed by atoms with Crippen molar-refractivity contribution in [1.29, 1.82) is 0 Å². The van der Waals surface area contributed by atoms with E-state index in [1.807, 2.05) is 47.4 Å². The topological polar surface area (TPSA) is 51.1 Å². The Balaban J connectivity index is 1.38. The van der Waals surface area contributed by atoms with Gasteiger partial charge in [-0.2, -0.15) is 0 Å². The van der Waals surface area contributed by atoms with Crippen molar-refractivity contribution < 1.29 is 14.4 Å². The maximum absolute atomic E-state index is 13.1. The zero-order chi connectivity index (χ0) is 20.2. The minimum absolute atomic E-state index is 0.0494. The van der Waals surface area contributed by atoms with Gasteiger partial charge in [-0.05, 0) is 30.0 Å². The molecular weight excluding hydrogens is 364 g/mol. The van der Waals surface area contributed by atoms with Crippen molar-refractivity contribution in [2.24, 2.45) is 11.1 Å². The van der Waals surface area contributed by atoms with E-state index in [4.69, 9.17) is 9.57 Å². The lowest BCUT2D eigenvalue weighted by atomic mass is 10.0. The van der Waals surface area contributed by atoms with Crippen molar-refractivity contribution in [1.82, 2.24) is 4.90 Å². The van der Waals surface area contributed by atoms with Crippen LogP contribution in [0, 0.1) is 5.92 Å². The van der Waals surface area contributed by atoms with E-state index in [1.165, 1.54) is 5.56 Å². The second-order valence-corrected chi connectivity index (χ2v) is 7.56. The number of para-hydroxylation sites is 1. The van der Waals surface area contributed by atoms with Gasteiger partial charge in [-0.1, -0.05) is 53.7 Å². The Morgan fingerprint density at radius 2 is 2.00 bits per heavy atom. The van der Waals surface area contributed by atoms with Gasteiger partial charge in [-0.25, -0.2) is 0 Å². The van der Waals surface area contributed by atoms with E-state index in [1.54, 1.807) is 13.2 Å². The highest BCUT2D eigenvalue weighted by atomic mass is 16.6. The smallest absolute Gasteiger partial charge is 0.226 e. The summed E-state index contributed by atoms with van der Waals surface area (Å²) < 4.78 is 5.43. The molecule has 1 aliphatic carbocycles. The highest BCUT2D eigenvalue weighted by Gasteiger charge is 2.46. The first-order chi connectivity index (χ1) is 14.2. The highest BCUT2D eigenvalue weighted by molar-refractivity contribution is 6.03. The van der Waals surface area contributed by atoms with Gasteiger partial charge in [0.05, 0.1) is 19.4 Å². The third kappa shape index (κ3) is 4.19. The van der Waals surface area contributed by atoms with Crippen molar-refractivity contribution in [3.63, 3.8) is 0 Å². The average molecular weight is 390 g/mol. The van der Waals surface area contributed by atoms with Gasteiger partial charge in [-0.3, -0.25) is 4.79 Å². The third-order valence-corrected chi connectivity index (χ3v) is 5.57. The van der Waals surface area contributed by atoms with E-state index >= 15 is 0 Å². The zero-order valence-electron chi connectivity index (χ0n) is 16.7. The first kappa shape index (κ1) is 19.2. The van der Waals surface area contributed by atoms with Crippen LogP contribution in [0.2, 0.25) is 0 Å². The summed E-state index contributed by atoms with van der Waals surface area (Å²) in [5.74, 6) is 1.32. The van der Waals surface area contributed by atoms with Crippen LogP contribution in [0.25, 0.3) is 0 Å². The van der Waals surface area contributed by atoms with Gasteiger partial charge in [0.1, 0.15) is 5.75 Å². The second kappa shape index (κ2) is 8.52. The SMILES string of the molecule is C=CCN(C[C@@H]1CC(c2ccccc2OC)=NO1)C(=O)[C@@H]1C[C@H]1c1ccccc1. The Bertz CT molecular complexity index is 909. The molecule has 5 nitrogen and oxygen atoms in total. The van der Waals surface area contributed by atoms with Crippen molar-refractivity contribution >= 4 is 11.6 Å². The summed E-state index contributed by atoms with van der Waals surface area (Å²) >= 11 is 0. The van der Waals surface area contributed by atoms with Crippen molar-refractivity contribution in [3.8, 4) is 5.75 Å². The number of benzene rings is 2. The van der Waals surface area contributed by atoms with Crippen LogP contribution in [0.15, 0.2) is 72.4 Å². The van der Waals surface area contributed by atoms with E-state index in [-0.39, 0.29) is 17.9 Å². The normalized spacial score (nSPS) is 22.4. The predicted octanol–water partition coefficient (Wildman–Crippen LogP) is 4.01. The molecule has 0 N–H and O–H groups in total. The van der Waals surface area contributed by atoms with Crippen LogP contribution >= 0.6 is 0 Å². The Hall–Kier alpha value is -3.08. The molecule has 0 saturated heterocycles. The molecule has 5 heteroatoms. The molecular formula is C24H26N2O3. The minimum atomic E-state index is -0.160. The molecule has 2 aromatic carbocycles. The van der Waals surface area contributed by atoms with Crippen LogP contribution in [0.1, 0.15) is 29.9 Å². The average Bonchev–Trinajstić information content (AvgIpc) is 3.44. The molecule has 1 heterocycles. The lowest BCUT2D eigenvalue weighted by Gasteiger charge is -2.23. The molecule has 2 aliphatic rings. The molecule has 1 saturated carbocycles. The minimum Gasteiger partial charge on any atom is -0.496 e. The number of oxime groups is 1. The number of ether oxygens (including phenoxy) is 1. The monoisotopic (exact) mass is 390 g/mol. The first-order valence-corrected chi connectivity index (χ1v) is 10.0. The van der Waals surface area contributed by atoms with E-state index in [2.05, 4.69) is 23.9 Å². The van der Waals surface area contributed by atoms with E-state index < -0.39 is 0 Å². The number of hydrogen-bond donors (Lipinski definition) is 0. The van der Waals surface area contributed by atoms with Crippen LogP contribution in [0.5, 0.6) is 5.75 Å². The summed E-state index contributed by atoms with van der Waals surface area (Å²) in [5, 5.41) is 4.26. The molecule has 150 valence electrons. The molecule has 0 spiro atoms. The predicted molar refractivity (Wildman–Crippen MR) is 113 cm³/mol. The quantitative estimate of drug-likeness (QED) is 0.640. The van der Waals surface area contributed by atoms with Crippen molar-refractivity contribution in [2.75, 3.05) is 20.2 Å². The van der Waals surface area contributed by atoms with E-state index in [0.717, 1.165) is 23.4 Å². The summed E-state index contributed by atoms with van der Waals surface area (Å²) in [7, 11) is 1.65. The highest BCUT2D eigenvalue weighted by Crippen LogP contribution is 2.48. The lowest BCUT2D eigenvalue weighted by Crippen LogP contribution is -2.39. The van der Waals surface area contributed by atoms with Gasteiger partial charge >= 0.3 is 0 Å². The van der Waals surface area contributed by atoms with Crippen LogP contribution < -0.4 is 4.74 Å². The van der Waals surface area contributed by atoms with Gasteiger partial charge in [0.2, 0.25) is 5.91 Å². The van der Waals surface area contributed by atoms with Gasteiger partial charge < -0.3 is 14.5 Å². The molecule has 0 radical (unpaired) electrons. The van der Waals surface area contributed by atoms with E-state index in [9.17, 15) is 4.79 Å². The third-order valence-electron chi connectivity index (χ3n) is 5.57. The standard InChI is InChI=1S/C24H26N2O3/c1-3-13-26(24(27)21-15-20(21)17-9-5-4-6-10-17)16-18-14-22(25-29-18)19-11-7-8-12-23(19)28-2/h3-12,18,20-21H,1,13-16H2,2H3/t18-,20-,21+/m0/s1. The summed E-state index contributed by atoms with van der Waals surface area (Å²) in [6.07, 6.45) is 3.17. The summed E-state index contributed by atoms with van der Waals surface area (Å²) in [6, 6.07) is 18.0. The number of methoxy groups -OCH3 is 1. The van der Waals surface area contributed by atoms with Gasteiger partial charge in [0.25, 0.3) is 0 Å². The number of carbonyl (C=O) groups excluding carboxylic acids is 1. The molecule has 2 aromatic rings. The molecule has 1 fully saturated rings. The maximum atomic E-state index is 13.1. The fourth-order valence-electron chi connectivity index (χ4n) is 4.00. The number of carbonyl (C=O) groups is 1. The van der Waals surface area contributed by atoms with Crippen LogP contribution in [-0.2, 0) is 9.63 Å². The molecule has 1 aliphatic heterocycles.